The summed E-state index contributed by atoms with van der Waals surface area (Å²) in [6.45, 7) is 21.7. The summed E-state index contributed by atoms with van der Waals surface area (Å²) in [5.74, 6) is 0.325. The van der Waals surface area contributed by atoms with Crippen molar-refractivity contribution in [3.05, 3.63) is 0 Å². The molecule has 182 valence electrons. The second-order valence-electron chi connectivity index (χ2n) is 13.1. The molecule has 0 aromatic rings. The molecule has 2 bridgehead atoms. The zero-order valence-corrected chi connectivity index (χ0v) is 23.8. The third-order valence-electron chi connectivity index (χ3n) is 8.56. The molecule has 4 rings (SSSR count). The molecule has 0 amide bonds. The predicted molar refractivity (Wildman–Crippen MR) is 130 cm³/mol. The lowest BCUT2D eigenvalue weighted by Crippen LogP contribution is -2.64. The molecular weight excluding hydrogens is 424 g/mol. The van der Waals surface area contributed by atoms with Crippen LogP contribution in [0.25, 0.3) is 0 Å². The highest BCUT2D eigenvalue weighted by Crippen LogP contribution is 2.58. The van der Waals surface area contributed by atoms with E-state index in [9.17, 15) is 0 Å². The SMILES string of the molecule is CO[C@H]1O[C@]2(C)OO[C@]13[C@H](CCO[Si](C)(C)C(C)(C)C)CCC[C@@H]3CC2C[Si](C)(C)C. The van der Waals surface area contributed by atoms with Gasteiger partial charge < -0.3 is 13.9 Å². The van der Waals surface area contributed by atoms with E-state index >= 15 is 0 Å². The molecule has 3 saturated heterocycles. The van der Waals surface area contributed by atoms with Gasteiger partial charge >= 0.3 is 0 Å². The Morgan fingerprint density at radius 2 is 1.68 bits per heavy atom. The van der Waals surface area contributed by atoms with Gasteiger partial charge in [-0.1, -0.05) is 46.8 Å². The van der Waals surface area contributed by atoms with Crippen LogP contribution in [0.4, 0.5) is 0 Å². The molecule has 1 aliphatic carbocycles. The predicted octanol–water partition coefficient (Wildman–Crippen LogP) is 6.58. The van der Waals surface area contributed by atoms with Gasteiger partial charge in [-0.2, -0.15) is 0 Å². The lowest BCUT2D eigenvalue weighted by molar-refractivity contribution is -0.560. The van der Waals surface area contributed by atoms with Crippen molar-refractivity contribution in [3.63, 3.8) is 0 Å². The molecule has 4 fully saturated rings. The maximum Gasteiger partial charge on any atom is 0.204 e. The number of hydrogen-bond acceptors (Lipinski definition) is 5. The molecule has 1 unspecified atom stereocenters. The maximum atomic E-state index is 6.62. The second kappa shape index (κ2) is 8.78. The average Bonchev–Trinajstić information content (AvgIpc) is 2.81. The van der Waals surface area contributed by atoms with Gasteiger partial charge in [-0.05, 0) is 68.6 Å². The summed E-state index contributed by atoms with van der Waals surface area (Å²) in [7, 11) is -1.31. The van der Waals surface area contributed by atoms with Crippen LogP contribution in [0.2, 0.25) is 43.8 Å². The first-order valence-corrected chi connectivity index (χ1v) is 19.0. The van der Waals surface area contributed by atoms with Gasteiger partial charge in [0.05, 0.1) is 0 Å². The van der Waals surface area contributed by atoms with E-state index in [2.05, 4.69) is 60.4 Å². The molecule has 3 aliphatic heterocycles. The topological polar surface area (TPSA) is 46.2 Å². The van der Waals surface area contributed by atoms with Gasteiger partial charge in [0.15, 0.2) is 20.2 Å². The van der Waals surface area contributed by atoms with E-state index in [0.717, 1.165) is 32.3 Å². The van der Waals surface area contributed by atoms with Crippen LogP contribution < -0.4 is 0 Å². The van der Waals surface area contributed by atoms with E-state index < -0.39 is 27.8 Å². The van der Waals surface area contributed by atoms with Crippen LogP contribution in [0.3, 0.4) is 0 Å². The molecule has 1 saturated carbocycles. The molecule has 0 aromatic carbocycles. The molecule has 0 radical (unpaired) electrons. The summed E-state index contributed by atoms with van der Waals surface area (Å²) in [6, 6.07) is 1.18. The highest BCUT2D eigenvalue weighted by Gasteiger charge is 2.66. The minimum absolute atomic E-state index is 0.219. The van der Waals surface area contributed by atoms with Crippen molar-refractivity contribution in [2.24, 2.45) is 17.8 Å². The summed E-state index contributed by atoms with van der Waals surface area (Å²) >= 11 is 0. The second-order valence-corrected chi connectivity index (χ2v) is 23.5. The Hall–Kier alpha value is 0.234. The van der Waals surface area contributed by atoms with E-state index in [-0.39, 0.29) is 11.3 Å². The highest BCUT2D eigenvalue weighted by molar-refractivity contribution is 6.76. The molecule has 31 heavy (non-hydrogen) atoms. The van der Waals surface area contributed by atoms with E-state index in [1.807, 2.05) is 0 Å². The van der Waals surface area contributed by atoms with Crippen LogP contribution in [0.5, 0.6) is 0 Å². The fraction of sp³-hybridized carbons (Fsp3) is 1.00. The van der Waals surface area contributed by atoms with Gasteiger partial charge in [-0.15, -0.1) is 0 Å². The monoisotopic (exact) mass is 472 g/mol. The van der Waals surface area contributed by atoms with Crippen LogP contribution in [0.1, 0.15) is 59.8 Å². The van der Waals surface area contributed by atoms with Gasteiger partial charge in [0.25, 0.3) is 0 Å². The molecule has 0 N–H and O–H groups in total. The molecular formula is C24H48O5Si2. The molecule has 0 aromatic heterocycles. The standard InChI is InChI=1S/C24H48O5Si2/c1-22(2,3)31(9,10)26-15-14-18-12-11-13-19-16-20(17-30(6,7)8)23(4)27-21(25-5)24(18,19)29-28-23/h18-21H,11-17H2,1-10H3/t18-,19+,20?,21-,23+,24-/m0/s1. The van der Waals surface area contributed by atoms with Gasteiger partial charge in [-0.3, -0.25) is 0 Å². The van der Waals surface area contributed by atoms with Crippen molar-refractivity contribution in [3.8, 4) is 0 Å². The van der Waals surface area contributed by atoms with E-state index in [4.69, 9.17) is 23.7 Å². The van der Waals surface area contributed by atoms with Crippen LogP contribution in [-0.2, 0) is 23.7 Å². The molecule has 5 nitrogen and oxygen atoms in total. The van der Waals surface area contributed by atoms with Crippen LogP contribution >= 0.6 is 0 Å². The lowest BCUT2D eigenvalue weighted by Gasteiger charge is -2.53. The van der Waals surface area contributed by atoms with E-state index in [0.29, 0.717) is 17.8 Å². The van der Waals surface area contributed by atoms with Gasteiger partial charge in [0.2, 0.25) is 5.79 Å². The van der Waals surface area contributed by atoms with Gasteiger partial charge in [0.1, 0.15) is 0 Å². The van der Waals surface area contributed by atoms with Crippen molar-refractivity contribution >= 4 is 16.4 Å². The smallest absolute Gasteiger partial charge is 0.204 e. The fourth-order valence-electron chi connectivity index (χ4n) is 5.74. The first-order valence-electron chi connectivity index (χ1n) is 12.4. The van der Waals surface area contributed by atoms with Gasteiger partial charge in [0, 0.05) is 27.7 Å². The summed E-state index contributed by atoms with van der Waals surface area (Å²) in [5, 5.41) is 0.219. The Morgan fingerprint density at radius 3 is 2.26 bits per heavy atom. The number of rotatable bonds is 7. The van der Waals surface area contributed by atoms with E-state index in [1.54, 1.807) is 7.11 Å². The Kier molecular flexibility index (Phi) is 7.33. The largest absolute Gasteiger partial charge is 0.417 e. The van der Waals surface area contributed by atoms with Crippen LogP contribution in [-0.4, -0.2) is 47.8 Å². The third kappa shape index (κ3) is 5.03. The fourth-order valence-corrected chi connectivity index (χ4v) is 8.82. The minimum atomic E-state index is -1.77. The Bertz CT molecular complexity index is 628. The third-order valence-corrected chi connectivity index (χ3v) is 14.8. The Morgan fingerprint density at radius 1 is 1.00 bits per heavy atom. The molecule has 6 atom stereocenters. The molecule has 1 spiro atoms. The zero-order chi connectivity index (χ0) is 23.3. The van der Waals surface area contributed by atoms with Crippen molar-refractivity contribution in [2.45, 2.75) is 121 Å². The van der Waals surface area contributed by atoms with Crippen molar-refractivity contribution in [2.75, 3.05) is 13.7 Å². The summed E-state index contributed by atoms with van der Waals surface area (Å²) in [5.41, 5.74) is -0.530. The number of ether oxygens (including phenoxy) is 2. The quantitative estimate of drug-likeness (QED) is 0.309. The molecule has 3 heterocycles. The summed E-state index contributed by atoms with van der Waals surface area (Å²) < 4.78 is 19.2. The van der Waals surface area contributed by atoms with E-state index in [1.165, 1.54) is 12.5 Å². The molecule has 4 aliphatic rings. The van der Waals surface area contributed by atoms with Crippen molar-refractivity contribution in [1.29, 1.82) is 0 Å². The average molecular weight is 473 g/mol. The minimum Gasteiger partial charge on any atom is -0.417 e. The van der Waals surface area contributed by atoms with Crippen LogP contribution in [0.15, 0.2) is 0 Å². The van der Waals surface area contributed by atoms with Gasteiger partial charge in [-0.25, -0.2) is 9.78 Å². The van der Waals surface area contributed by atoms with Crippen molar-refractivity contribution in [1.82, 2.24) is 0 Å². The summed E-state index contributed by atoms with van der Waals surface area (Å²) in [6.07, 6.45) is 5.17. The van der Waals surface area contributed by atoms with Crippen LogP contribution in [0, 0.1) is 17.8 Å². The number of fused-ring (bicyclic) bond motifs is 3. The first kappa shape index (κ1) is 25.8. The van der Waals surface area contributed by atoms with Crippen molar-refractivity contribution < 1.29 is 23.7 Å². The zero-order valence-electron chi connectivity index (χ0n) is 21.8. The number of methoxy groups -OCH3 is 1. The normalized spacial score (nSPS) is 39.3. The molecule has 7 heteroatoms. The number of hydrogen-bond donors (Lipinski definition) is 0. The Labute approximate surface area is 192 Å². The first-order chi connectivity index (χ1) is 14.1. The maximum absolute atomic E-state index is 6.62. The summed E-state index contributed by atoms with van der Waals surface area (Å²) in [4.78, 5) is 12.6. The lowest BCUT2D eigenvalue weighted by atomic mass is 9.64. The highest BCUT2D eigenvalue weighted by atomic mass is 28.4. The Balaban J connectivity index is 1.83.